The maximum absolute atomic E-state index is 3.80. The Morgan fingerprint density at radius 2 is 2.60 bits per heavy atom. The van der Waals surface area contributed by atoms with Crippen LogP contribution in [0.5, 0.6) is 0 Å². The van der Waals surface area contributed by atoms with Crippen LogP contribution in [0.2, 0.25) is 0 Å². The Balaban J connectivity index is 2.36. The van der Waals surface area contributed by atoms with Crippen molar-refractivity contribution >= 4 is 11.8 Å². The SMILES string of the molecule is C=CC(NC)C1CCCS1. The highest BCUT2D eigenvalue weighted by Crippen LogP contribution is 2.28. The number of nitrogens with one attached hydrogen (secondary N) is 1. The van der Waals surface area contributed by atoms with E-state index in [9.17, 15) is 0 Å². The topological polar surface area (TPSA) is 12.0 Å². The normalized spacial score (nSPS) is 28.3. The van der Waals surface area contributed by atoms with Gasteiger partial charge in [-0.15, -0.1) is 6.58 Å². The van der Waals surface area contributed by atoms with Gasteiger partial charge >= 0.3 is 0 Å². The summed E-state index contributed by atoms with van der Waals surface area (Å²) in [6.07, 6.45) is 4.74. The maximum Gasteiger partial charge on any atom is 0.0364 e. The van der Waals surface area contributed by atoms with Crippen molar-refractivity contribution in [3.63, 3.8) is 0 Å². The van der Waals surface area contributed by atoms with Gasteiger partial charge in [-0.05, 0) is 25.6 Å². The molecule has 0 saturated carbocycles. The average Bonchev–Trinajstić information content (AvgIpc) is 2.43. The van der Waals surface area contributed by atoms with Gasteiger partial charge in [-0.25, -0.2) is 0 Å². The van der Waals surface area contributed by atoms with Crippen molar-refractivity contribution in [2.75, 3.05) is 12.8 Å². The summed E-state index contributed by atoms with van der Waals surface area (Å²) in [6, 6.07) is 0.521. The molecule has 0 bridgehead atoms. The molecule has 10 heavy (non-hydrogen) atoms. The van der Waals surface area contributed by atoms with Crippen molar-refractivity contribution in [2.45, 2.75) is 24.1 Å². The molecule has 1 saturated heterocycles. The number of likely N-dealkylation sites (N-methyl/N-ethyl adjacent to an activating group) is 1. The summed E-state index contributed by atoms with van der Waals surface area (Å²) in [5, 5.41) is 4.03. The molecule has 2 unspecified atom stereocenters. The van der Waals surface area contributed by atoms with E-state index in [4.69, 9.17) is 0 Å². The second-order valence-electron chi connectivity index (χ2n) is 2.60. The van der Waals surface area contributed by atoms with Gasteiger partial charge in [0.2, 0.25) is 0 Å². The van der Waals surface area contributed by atoms with Gasteiger partial charge in [0.15, 0.2) is 0 Å². The summed E-state index contributed by atoms with van der Waals surface area (Å²) in [4.78, 5) is 0. The van der Waals surface area contributed by atoms with Crippen LogP contribution in [0.4, 0.5) is 0 Å². The van der Waals surface area contributed by atoms with Crippen LogP contribution in [0.1, 0.15) is 12.8 Å². The third-order valence-corrected chi connectivity index (χ3v) is 3.43. The summed E-state index contributed by atoms with van der Waals surface area (Å²) in [6.45, 7) is 3.80. The van der Waals surface area contributed by atoms with Crippen molar-refractivity contribution in [1.82, 2.24) is 5.32 Å². The van der Waals surface area contributed by atoms with Crippen LogP contribution in [0.15, 0.2) is 12.7 Å². The molecule has 1 heterocycles. The standard InChI is InChI=1S/C8H15NS/c1-3-7(9-2)8-5-4-6-10-8/h3,7-9H,1,4-6H2,2H3. The van der Waals surface area contributed by atoms with Crippen molar-refractivity contribution in [3.8, 4) is 0 Å². The fraction of sp³-hybridized carbons (Fsp3) is 0.750. The quantitative estimate of drug-likeness (QED) is 0.625. The minimum atomic E-state index is 0.521. The molecule has 0 aliphatic carbocycles. The molecule has 1 aliphatic rings. The first-order valence-electron chi connectivity index (χ1n) is 3.80. The molecule has 1 rings (SSSR count). The first kappa shape index (κ1) is 8.15. The third kappa shape index (κ3) is 1.77. The van der Waals surface area contributed by atoms with E-state index in [1.165, 1.54) is 18.6 Å². The molecule has 0 amide bonds. The Bertz CT molecular complexity index is 108. The molecule has 0 spiro atoms. The molecule has 1 fully saturated rings. The fourth-order valence-corrected chi connectivity index (χ4v) is 2.77. The Hall–Kier alpha value is 0.0500. The van der Waals surface area contributed by atoms with Gasteiger partial charge in [-0.3, -0.25) is 0 Å². The van der Waals surface area contributed by atoms with Gasteiger partial charge in [-0.2, -0.15) is 11.8 Å². The second kappa shape index (κ2) is 4.04. The summed E-state index contributed by atoms with van der Waals surface area (Å²) < 4.78 is 0. The van der Waals surface area contributed by atoms with Crippen LogP contribution in [-0.2, 0) is 0 Å². The average molecular weight is 157 g/mol. The smallest absolute Gasteiger partial charge is 0.0364 e. The van der Waals surface area contributed by atoms with Crippen molar-refractivity contribution < 1.29 is 0 Å². The van der Waals surface area contributed by atoms with Gasteiger partial charge in [-0.1, -0.05) is 6.08 Å². The van der Waals surface area contributed by atoms with E-state index >= 15 is 0 Å². The van der Waals surface area contributed by atoms with Gasteiger partial charge in [0, 0.05) is 11.3 Å². The van der Waals surface area contributed by atoms with Gasteiger partial charge in [0.05, 0.1) is 0 Å². The second-order valence-corrected chi connectivity index (χ2v) is 3.95. The number of hydrogen-bond acceptors (Lipinski definition) is 2. The predicted octanol–water partition coefficient (Wildman–Crippen LogP) is 1.66. The highest BCUT2D eigenvalue weighted by molar-refractivity contribution is 8.00. The van der Waals surface area contributed by atoms with E-state index in [0.29, 0.717) is 6.04 Å². The molecule has 0 aromatic rings. The summed E-state index contributed by atoms with van der Waals surface area (Å²) in [7, 11) is 2.01. The third-order valence-electron chi connectivity index (χ3n) is 1.95. The lowest BCUT2D eigenvalue weighted by Gasteiger charge is -2.17. The summed E-state index contributed by atoms with van der Waals surface area (Å²) in [5.74, 6) is 1.33. The molecular formula is C8H15NS. The van der Waals surface area contributed by atoms with E-state index in [1.54, 1.807) is 0 Å². The summed E-state index contributed by atoms with van der Waals surface area (Å²) >= 11 is 2.07. The van der Waals surface area contributed by atoms with Crippen LogP contribution in [0, 0.1) is 0 Å². The molecule has 1 nitrogen and oxygen atoms in total. The van der Waals surface area contributed by atoms with Gasteiger partial charge < -0.3 is 5.32 Å². The monoisotopic (exact) mass is 157 g/mol. The van der Waals surface area contributed by atoms with E-state index in [0.717, 1.165) is 5.25 Å². The molecule has 58 valence electrons. The number of hydrogen-bond donors (Lipinski definition) is 1. The predicted molar refractivity (Wildman–Crippen MR) is 48.5 cm³/mol. The molecule has 0 aromatic carbocycles. The molecule has 2 heteroatoms. The Kier molecular flexibility index (Phi) is 3.29. The van der Waals surface area contributed by atoms with Crippen LogP contribution in [0.3, 0.4) is 0 Å². The lowest BCUT2D eigenvalue weighted by molar-refractivity contribution is 0.613. The maximum atomic E-state index is 3.80. The molecule has 2 atom stereocenters. The van der Waals surface area contributed by atoms with Crippen molar-refractivity contribution in [1.29, 1.82) is 0 Å². The van der Waals surface area contributed by atoms with E-state index in [-0.39, 0.29) is 0 Å². The van der Waals surface area contributed by atoms with E-state index in [2.05, 4.69) is 23.7 Å². The first-order valence-corrected chi connectivity index (χ1v) is 4.84. The molecule has 1 aliphatic heterocycles. The largest absolute Gasteiger partial charge is 0.313 e. The van der Waals surface area contributed by atoms with Crippen molar-refractivity contribution in [2.24, 2.45) is 0 Å². The first-order chi connectivity index (χ1) is 4.88. The lowest BCUT2D eigenvalue weighted by atomic mass is 10.1. The van der Waals surface area contributed by atoms with Gasteiger partial charge in [0.1, 0.15) is 0 Å². The molecule has 1 N–H and O–H groups in total. The van der Waals surface area contributed by atoms with E-state index in [1.807, 2.05) is 13.1 Å². The van der Waals surface area contributed by atoms with E-state index < -0.39 is 0 Å². The molecule has 0 radical (unpaired) electrons. The Morgan fingerprint density at radius 1 is 1.80 bits per heavy atom. The zero-order valence-electron chi connectivity index (χ0n) is 6.47. The number of rotatable bonds is 3. The highest BCUT2D eigenvalue weighted by atomic mass is 32.2. The van der Waals surface area contributed by atoms with Crippen LogP contribution in [-0.4, -0.2) is 24.1 Å². The Labute approximate surface area is 67.3 Å². The Morgan fingerprint density at radius 3 is 3.00 bits per heavy atom. The zero-order valence-corrected chi connectivity index (χ0v) is 7.29. The fourth-order valence-electron chi connectivity index (χ4n) is 1.34. The van der Waals surface area contributed by atoms with Crippen LogP contribution in [0.25, 0.3) is 0 Å². The lowest BCUT2D eigenvalue weighted by Crippen LogP contribution is -2.31. The van der Waals surface area contributed by atoms with Gasteiger partial charge in [0.25, 0.3) is 0 Å². The van der Waals surface area contributed by atoms with Crippen LogP contribution < -0.4 is 5.32 Å². The minimum Gasteiger partial charge on any atom is -0.313 e. The van der Waals surface area contributed by atoms with Crippen molar-refractivity contribution in [3.05, 3.63) is 12.7 Å². The molecule has 0 aromatic heterocycles. The highest BCUT2D eigenvalue weighted by Gasteiger charge is 2.21. The minimum absolute atomic E-state index is 0.521. The summed E-state index contributed by atoms with van der Waals surface area (Å²) in [5.41, 5.74) is 0. The molecular weight excluding hydrogens is 142 g/mol. The zero-order chi connectivity index (χ0) is 7.40. The van der Waals surface area contributed by atoms with Crippen LogP contribution >= 0.6 is 11.8 Å². The number of thioether (sulfide) groups is 1.